The Kier molecular flexibility index (Phi) is 6.99. The molecule has 3 aromatic heterocycles. The summed E-state index contributed by atoms with van der Waals surface area (Å²) in [7, 11) is 0. The summed E-state index contributed by atoms with van der Waals surface area (Å²) < 4.78 is 5.58. The molecule has 5 rings (SSSR count). The van der Waals surface area contributed by atoms with Crippen molar-refractivity contribution >= 4 is 23.3 Å². The fourth-order valence-electron chi connectivity index (χ4n) is 4.24. The highest BCUT2D eigenvalue weighted by atomic mass is 35.5. The second-order valence-electron chi connectivity index (χ2n) is 8.47. The minimum Gasteiger partial charge on any atom is -0.356 e. The SMILES string of the molecule is O=C(NCCc1cccnc1)C1CCN(c2ncccc2-c2nc(-c3ccc(Cl)cc3)no2)CC1. The van der Waals surface area contributed by atoms with Gasteiger partial charge in [-0.3, -0.25) is 9.78 Å². The van der Waals surface area contributed by atoms with Crippen LogP contribution in [0.25, 0.3) is 22.8 Å². The Morgan fingerprint density at radius 1 is 1.09 bits per heavy atom. The van der Waals surface area contributed by atoms with Crippen molar-refractivity contribution in [2.24, 2.45) is 5.92 Å². The molecular weight excluding hydrogens is 464 g/mol. The molecule has 1 aliphatic rings. The molecule has 0 unspecified atom stereocenters. The third-order valence-electron chi connectivity index (χ3n) is 6.15. The molecule has 1 N–H and O–H groups in total. The van der Waals surface area contributed by atoms with Crippen LogP contribution >= 0.6 is 11.6 Å². The van der Waals surface area contributed by atoms with E-state index in [9.17, 15) is 4.79 Å². The lowest BCUT2D eigenvalue weighted by atomic mass is 9.95. The first-order chi connectivity index (χ1) is 17.2. The molecule has 0 aliphatic carbocycles. The van der Waals surface area contributed by atoms with Crippen LogP contribution in [-0.2, 0) is 11.2 Å². The van der Waals surface area contributed by atoms with E-state index in [1.807, 2.05) is 42.6 Å². The van der Waals surface area contributed by atoms with Gasteiger partial charge in [-0.25, -0.2) is 4.98 Å². The third-order valence-corrected chi connectivity index (χ3v) is 6.40. The molecule has 9 heteroatoms. The van der Waals surface area contributed by atoms with E-state index in [4.69, 9.17) is 16.1 Å². The summed E-state index contributed by atoms with van der Waals surface area (Å²) in [5, 5.41) is 7.85. The number of carbonyl (C=O) groups is 1. The van der Waals surface area contributed by atoms with Gasteiger partial charge in [-0.2, -0.15) is 4.98 Å². The molecule has 4 aromatic rings. The monoisotopic (exact) mass is 488 g/mol. The van der Waals surface area contributed by atoms with E-state index in [2.05, 4.69) is 30.3 Å². The molecule has 1 aliphatic heterocycles. The molecule has 35 heavy (non-hydrogen) atoms. The van der Waals surface area contributed by atoms with Gasteiger partial charge in [0.15, 0.2) is 0 Å². The smallest absolute Gasteiger partial charge is 0.261 e. The Bertz CT molecular complexity index is 1270. The van der Waals surface area contributed by atoms with Crippen LogP contribution in [0.4, 0.5) is 5.82 Å². The number of nitrogens with one attached hydrogen (secondary N) is 1. The van der Waals surface area contributed by atoms with Gasteiger partial charge in [-0.15, -0.1) is 0 Å². The molecular formula is C26H25ClN6O2. The second kappa shape index (κ2) is 10.7. The summed E-state index contributed by atoms with van der Waals surface area (Å²) in [6.07, 6.45) is 7.63. The first-order valence-electron chi connectivity index (χ1n) is 11.6. The molecule has 0 atom stereocenters. The number of amides is 1. The van der Waals surface area contributed by atoms with Crippen LogP contribution < -0.4 is 10.2 Å². The lowest BCUT2D eigenvalue weighted by Gasteiger charge is -2.32. The zero-order valence-electron chi connectivity index (χ0n) is 19.1. The highest BCUT2D eigenvalue weighted by molar-refractivity contribution is 6.30. The van der Waals surface area contributed by atoms with Crippen LogP contribution in [0.3, 0.4) is 0 Å². The summed E-state index contributed by atoms with van der Waals surface area (Å²) in [5.41, 5.74) is 2.72. The number of pyridine rings is 2. The average molecular weight is 489 g/mol. The maximum Gasteiger partial charge on any atom is 0.261 e. The van der Waals surface area contributed by atoms with Crippen LogP contribution in [0.1, 0.15) is 18.4 Å². The number of hydrogen-bond donors (Lipinski definition) is 1. The summed E-state index contributed by atoms with van der Waals surface area (Å²) in [5.74, 6) is 1.79. The van der Waals surface area contributed by atoms with Crippen LogP contribution in [0.2, 0.25) is 5.02 Å². The molecule has 1 aromatic carbocycles. The first-order valence-corrected chi connectivity index (χ1v) is 12.0. The van der Waals surface area contributed by atoms with Gasteiger partial charge < -0.3 is 14.7 Å². The Balaban J connectivity index is 1.21. The Morgan fingerprint density at radius 3 is 2.66 bits per heavy atom. The molecule has 8 nitrogen and oxygen atoms in total. The molecule has 1 amide bonds. The fraction of sp³-hybridized carbons (Fsp3) is 0.269. The number of anilines is 1. The minimum absolute atomic E-state index is 0.00720. The maximum absolute atomic E-state index is 12.7. The van der Waals surface area contributed by atoms with E-state index in [0.717, 1.165) is 54.9 Å². The molecule has 0 radical (unpaired) electrons. The standard InChI is InChI=1S/C26H25ClN6O2/c27-21-7-5-19(6-8-21)23-31-26(35-32-23)22-4-2-13-29-24(22)33-15-10-20(11-16-33)25(34)30-14-9-18-3-1-12-28-17-18/h1-8,12-13,17,20H,9-11,14-16H2,(H,30,34). The van der Waals surface area contributed by atoms with Gasteiger partial charge in [0, 0.05) is 54.7 Å². The molecule has 1 fully saturated rings. The highest BCUT2D eigenvalue weighted by Crippen LogP contribution is 2.32. The average Bonchev–Trinajstić information content (AvgIpc) is 3.40. The maximum atomic E-state index is 12.7. The Morgan fingerprint density at radius 2 is 1.89 bits per heavy atom. The molecule has 0 spiro atoms. The van der Waals surface area contributed by atoms with Gasteiger partial charge in [0.05, 0.1) is 5.56 Å². The largest absolute Gasteiger partial charge is 0.356 e. The van der Waals surface area contributed by atoms with Crippen molar-refractivity contribution in [3.8, 4) is 22.8 Å². The normalized spacial score (nSPS) is 14.1. The topological polar surface area (TPSA) is 97.0 Å². The Labute approximate surface area is 208 Å². The lowest BCUT2D eigenvalue weighted by molar-refractivity contribution is -0.125. The van der Waals surface area contributed by atoms with Crippen molar-refractivity contribution in [1.82, 2.24) is 25.4 Å². The van der Waals surface area contributed by atoms with Gasteiger partial charge in [0.25, 0.3) is 5.89 Å². The predicted octanol–water partition coefficient (Wildman–Crippen LogP) is 4.42. The van der Waals surface area contributed by atoms with Crippen LogP contribution in [0, 0.1) is 5.92 Å². The van der Waals surface area contributed by atoms with E-state index in [1.165, 1.54) is 0 Å². The number of hydrogen-bond acceptors (Lipinski definition) is 7. The van der Waals surface area contributed by atoms with Crippen molar-refractivity contribution in [2.75, 3.05) is 24.5 Å². The Hall–Kier alpha value is -3.78. The van der Waals surface area contributed by atoms with Crippen molar-refractivity contribution in [3.63, 3.8) is 0 Å². The number of halogens is 1. The van der Waals surface area contributed by atoms with E-state index >= 15 is 0 Å². The van der Waals surface area contributed by atoms with Crippen LogP contribution in [0.15, 0.2) is 71.6 Å². The number of carbonyl (C=O) groups excluding carboxylic acids is 1. The first kappa shape index (κ1) is 23.0. The number of nitrogens with zero attached hydrogens (tertiary/aromatic N) is 5. The van der Waals surface area contributed by atoms with Gasteiger partial charge in [0.2, 0.25) is 11.7 Å². The van der Waals surface area contributed by atoms with Gasteiger partial charge in [-0.1, -0.05) is 22.8 Å². The van der Waals surface area contributed by atoms with Crippen LogP contribution in [0.5, 0.6) is 0 Å². The van der Waals surface area contributed by atoms with E-state index in [0.29, 0.717) is 23.3 Å². The lowest BCUT2D eigenvalue weighted by Crippen LogP contribution is -2.41. The summed E-state index contributed by atoms with van der Waals surface area (Å²) in [4.78, 5) is 28.2. The van der Waals surface area contributed by atoms with Crippen LogP contribution in [-0.4, -0.2) is 45.7 Å². The third kappa shape index (κ3) is 5.49. The minimum atomic E-state index is -0.00720. The second-order valence-corrected chi connectivity index (χ2v) is 8.90. The van der Waals surface area contributed by atoms with Gasteiger partial charge in [0.1, 0.15) is 5.82 Å². The van der Waals surface area contributed by atoms with Crippen molar-refractivity contribution < 1.29 is 9.32 Å². The fourth-order valence-corrected chi connectivity index (χ4v) is 4.36. The number of piperidine rings is 1. The van der Waals surface area contributed by atoms with Gasteiger partial charge >= 0.3 is 0 Å². The molecule has 0 saturated carbocycles. The zero-order chi connectivity index (χ0) is 24.0. The summed E-state index contributed by atoms with van der Waals surface area (Å²) in [6.45, 7) is 2.06. The quantitative estimate of drug-likeness (QED) is 0.411. The van der Waals surface area contributed by atoms with E-state index in [-0.39, 0.29) is 11.8 Å². The number of aromatic nitrogens is 4. The van der Waals surface area contributed by atoms with E-state index < -0.39 is 0 Å². The molecule has 1 saturated heterocycles. The molecule has 0 bridgehead atoms. The number of benzene rings is 1. The molecule has 178 valence electrons. The zero-order valence-corrected chi connectivity index (χ0v) is 19.9. The highest BCUT2D eigenvalue weighted by Gasteiger charge is 2.27. The van der Waals surface area contributed by atoms with Crippen molar-refractivity contribution in [3.05, 3.63) is 77.7 Å². The van der Waals surface area contributed by atoms with E-state index in [1.54, 1.807) is 24.5 Å². The van der Waals surface area contributed by atoms with Gasteiger partial charge in [-0.05, 0) is 67.3 Å². The van der Waals surface area contributed by atoms with Crippen molar-refractivity contribution in [2.45, 2.75) is 19.3 Å². The number of rotatable bonds is 7. The summed E-state index contributed by atoms with van der Waals surface area (Å²) in [6, 6.07) is 15.0. The molecule has 4 heterocycles. The van der Waals surface area contributed by atoms with Crippen molar-refractivity contribution in [1.29, 1.82) is 0 Å². The summed E-state index contributed by atoms with van der Waals surface area (Å²) >= 11 is 5.98. The predicted molar refractivity (Wildman–Crippen MR) is 134 cm³/mol.